The number of nitrogens with zero attached hydrogens (tertiary/aromatic N) is 4. The van der Waals surface area contributed by atoms with Gasteiger partial charge in [0.2, 0.25) is 11.8 Å². The van der Waals surface area contributed by atoms with E-state index < -0.39 is 0 Å². The fourth-order valence-electron chi connectivity index (χ4n) is 4.00. The van der Waals surface area contributed by atoms with E-state index in [1.165, 1.54) is 6.07 Å². The van der Waals surface area contributed by atoms with E-state index in [1.54, 1.807) is 13.1 Å². The minimum absolute atomic E-state index is 0.0883. The van der Waals surface area contributed by atoms with E-state index in [1.807, 2.05) is 36.4 Å². The highest BCUT2D eigenvalue weighted by molar-refractivity contribution is 5.93. The van der Waals surface area contributed by atoms with E-state index in [2.05, 4.69) is 20.2 Å². The fraction of sp³-hybridized carbons (Fsp3) is 0.360. The summed E-state index contributed by atoms with van der Waals surface area (Å²) < 4.78 is 11.3. The second kappa shape index (κ2) is 10.8. The highest BCUT2D eigenvalue weighted by atomic mass is 16.5. The maximum absolute atomic E-state index is 12.6. The van der Waals surface area contributed by atoms with Gasteiger partial charge in [-0.25, -0.2) is 9.97 Å². The molecule has 34 heavy (non-hydrogen) atoms. The largest absolute Gasteiger partial charge is 0.477 e. The molecule has 3 N–H and O–H groups in total. The maximum atomic E-state index is 12.6. The lowest BCUT2D eigenvalue weighted by Gasteiger charge is -2.31. The van der Waals surface area contributed by atoms with Crippen LogP contribution in [0.4, 0.5) is 5.69 Å². The predicted octanol–water partition coefficient (Wildman–Crippen LogP) is 3.23. The van der Waals surface area contributed by atoms with Gasteiger partial charge in [-0.3, -0.25) is 9.69 Å². The zero-order valence-electron chi connectivity index (χ0n) is 19.2. The predicted molar refractivity (Wildman–Crippen MR) is 127 cm³/mol. The van der Waals surface area contributed by atoms with Gasteiger partial charge in [-0.05, 0) is 44.8 Å². The van der Waals surface area contributed by atoms with Crippen LogP contribution in [0.2, 0.25) is 0 Å². The Hall–Kier alpha value is -3.90. The average molecular weight is 461 g/mol. The van der Waals surface area contributed by atoms with E-state index in [0.717, 1.165) is 37.3 Å². The number of nitrogens with one attached hydrogen (secondary N) is 1. The number of rotatable bonds is 8. The number of piperidine rings is 1. The van der Waals surface area contributed by atoms with E-state index in [-0.39, 0.29) is 28.7 Å². The number of pyridine rings is 1. The SMILES string of the molecule is CCOc1nc(C(=O)NCC2CCN(Cc3ncc(-c4ccccc4)o3)CC2)cc(N)c1C#N. The van der Waals surface area contributed by atoms with Gasteiger partial charge in [0.1, 0.15) is 17.3 Å². The molecule has 0 unspecified atom stereocenters. The molecule has 0 aliphatic carbocycles. The molecule has 1 amide bonds. The normalized spacial score (nSPS) is 14.5. The van der Waals surface area contributed by atoms with E-state index >= 15 is 0 Å². The number of benzene rings is 1. The molecule has 1 aliphatic rings. The van der Waals surface area contributed by atoms with Crippen molar-refractivity contribution in [3.8, 4) is 23.3 Å². The highest BCUT2D eigenvalue weighted by Gasteiger charge is 2.22. The van der Waals surface area contributed by atoms with Gasteiger partial charge in [0.25, 0.3) is 5.91 Å². The lowest BCUT2D eigenvalue weighted by Crippen LogP contribution is -2.38. The van der Waals surface area contributed by atoms with Crippen LogP contribution < -0.4 is 15.8 Å². The van der Waals surface area contributed by atoms with Crippen molar-refractivity contribution in [2.45, 2.75) is 26.3 Å². The first-order valence-corrected chi connectivity index (χ1v) is 11.4. The molecule has 1 aromatic carbocycles. The van der Waals surface area contributed by atoms with Crippen LogP contribution in [0, 0.1) is 17.2 Å². The standard InChI is InChI=1S/C25H28N6O3/c1-2-33-25-19(13-26)20(27)12-21(30-25)24(32)29-14-17-8-10-31(11-9-17)16-23-28-15-22(34-23)18-6-4-3-5-7-18/h3-7,12,15,17H,2,8-11,14,16H2,1H3,(H2,27,30)(H,29,32). The number of amides is 1. The van der Waals surface area contributed by atoms with Crippen molar-refractivity contribution in [1.82, 2.24) is 20.2 Å². The molecule has 9 heteroatoms. The number of ether oxygens (including phenoxy) is 1. The van der Waals surface area contributed by atoms with Crippen LogP contribution in [-0.2, 0) is 6.54 Å². The topological polar surface area (TPSA) is 130 Å². The maximum Gasteiger partial charge on any atom is 0.270 e. The molecule has 3 heterocycles. The summed E-state index contributed by atoms with van der Waals surface area (Å²) in [6.07, 6.45) is 3.69. The third kappa shape index (κ3) is 5.53. The van der Waals surface area contributed by atoms with Gasteiger partial charge in [-0.2, -0.15) is 5.26 Å². The van der Waals surface area contributed by atoms with Crippen LogP contribution in [0.3, 0.4) is 0 Å². The van der Waals surface area contributed by atoms with E-state index in [4.69, 9.17) is 14.9 Å². The summed E-state index contributed by atoms with van der Waals surface area (Å²) in [6.45, 7) is 5.13. The number of carbonyl (C=O) groups excluding carboxylic acids is 1. The number of nitrogens with two attached hydrogens (primary N) is 1. The van der Waals surface area contributed by atoms with Crippen LogP contribution in [0.1, 0.15) is 41.7 Å². The van der Waals surface area contributed by atoms with Gasteiger partial charge in [0, 0.05) is 12.1 Å². The number of oxazole rings is 1. The molecule has 0 bridgehead atoms. The molecular formula is C25H28N6O3. The number of likely N-dealkylation sites (tertiary alicyclic amines) is 1. The lowest BCUT2D eigenvalue weighted by atomic mass is 9.96. The van der Waals surface area contributed by atoms with E-state index in [0.29, 0.717) is 31.5 Å². The molecule has 0 atom stereocenters. The van der Waals surface area contributed by atoms with Gasteiger partial charge >= 0.3 is 0 Å². The van der Waals surface area contributed by atoms with Gasteiger partial charge in [0.15, 0.2) is 5.76 Å². The van der Waals surface area contributed by atoms with Crippen LogP contribution in [0.5, 0.6) is 5.88 Å². The Bertz CT molecular complexity index is 1160. The fourth-order valence-corrected chi connectivity index (χ4v) is 4.00. The van der Waals surface area contributed by atoms with Crippen molar-refractivity contribution >= 4 is 11.6 Å². The van der Waals surface area contributed by atoms with Gasteiger partial charge in [-0.15, -0.1) is 0 Å². The van der Waals surface area contributed by atoms with Gasteiger partial charge in [-0.1, -0.05) is 30.3 Å². The van der Waals surface area contributed by atoms with Crippen molar-refractivity contribution in [2.75, 3.05) is 32.0 Å². The molecule has 0 radical (unpaired) electrons. The van der Waals surface area contributed by atoms with Gasteiger partial charge < -0.3 is 20.2 Å². The monoisotopic (exact) mass is 460 g/mol. The Morgan fingerprint density at radius 2 is 2.09 bits per heavy atom. The van der Waals surface area contributed by atoms with Crippen molar-refractivity contribution in [3.05, 3.63) is 59.7 Å². The molecule has 176 valence electrons. The van der Waals surface area contributed by atoms with Crippen LogP contribution in [0.15, 0.2) is 47.0 Å². The number of nitrogen functional groups attached to an aromatic ring is 1. The number of carbonyl (C=O) groups is 1. The molecule has 4 rings (SSSR count). The first kappa shape index (κ1) is 23.3. The zero-order chi connectivity index (χ0) is 23.9. The first-order valence-electron chi connectivity index (χ1n) is 11.4. The quantitative estimate of drug-likeness (QED) is 0.524. The van der Waals surface area contributed by atoms with E-state index in [9.17, 15) is 10.1 Å². The number of hydrogen-bond donors (Lipinski definition) is 2. The summed E-state index contributed by atoms with van der Waals surface area (Å²) in [5.41, 5.74) is 7.40. The summed E-state index contributed by atoms with van der Waals surface area (Å²) in [7, 11) is 0. The lowest BCUT2D eigenvalue weighted by molar-refractivity contribution is 0.0928. The Balaban J connectivity index is 1.26. The number of hydrogen-bond acceptors (Lipinski definition) is 8. The molecule has 1 fully saturated rings. The Kier molecular flexibility index (Phi) is 7.40. The van der Waals surface area contributed by atoms with Crippen molar-refractivity contribution < 1.29 is 13.9 Å². The second-order valence-corrected chi connectivity index (χ2v) is 8.24. The molecule has 3 aromatic rings. The van der Waals surface area contributed by atoms with Crippen LogP contribution in [-0.4, -0.2) is 47.0 Å². The highest BCUT2D eigenvalue weighted by Crippen LogP contribution is 2.24. The van der Waals surface area contributed by atoms with Gasteiger partial charge in [0.05, 0.1) is 25.0 Å². The van der Waals surface area contributed by atoms with Crippen LogP contribution >= 0.6 is 0 Å². The number of anilines is 1. The summed E-state index contributed by atoms with van der Waals surface area (Å²) in [6, 6.07) is 13.3. The summed E-state index contributed by atoms with van der Waals surface area (Å²) >= 11 is 0. The third-order valence-corrected chi connectivity index (χ3v) is 5.87. The van der Waals surface area contributed by atoms with Crippen molar-refractivity contribution in [2.24, 2.45) is 5.92 Å². The van der Waals surface area contributed by atoms with Crippen LogP contribution in [0.25, 0.3) is 11.3 Å². The smallest absolute Gasteiger partial charge is 0.270 e. The molecule has 0 saturated carbocycles. The Morgan fingerprint density at radius 3 is 2.79 bits per heavy atom. The molecule has 9 nitrogen and oxygen atoms in total. The zero-order valence-corrected chi connectivity index (χ0v) is 19.2. The minimum atomic E-state index is -0.326. The Labute approximate surface area is 198 Å². The van der Waals surface area contributed by atoms with Crippen molar-refractivity contribution in [1.29, 1.82) is 5.26 Å². The summed E-state index contributed by atoms with van der Waals surface area (Å²) in [5, 5.41) is 12.2. The molecule has 2 aromatic heterocycles. The molecule has 1 saturated heterocycles. The number of nitriles is 1. The third-order valence-electron chi connectivity index (χ3n) is 5.87. The molecule has 0 spiro atoms. The van der Waals surface area contributed by atoms with Crippen molar-refractivity contribution in [3.63, 3.8) is 0 Å². The summed E-state index contributed by atoms with van der Waals surface area (Å²) in [5.74, 6) is 1.61. The molecular weight excluding hydrogens is 432 g/mol. The Morgan fingerprint density at radius 1 is 1.32 bits per heavy atom. The average Bonchev–Trinajstić information content (AvgIpc) is 3.32. The second-order valence-electron chi connectivity index (χ2n) is 8.24. The number of aromatic nitrogens is 2. The summed E-state index contributed by atoms with van der Waals surface area (Å²) in [4.78, 5) is 23.5. The molecule has 1 aliphatic heterocycles. The minimum Gasteiger partial charge on any atom is -0.477 e. The first-order chi connectivity index (χ1) is 16.6.